The molecule has 17 heavy (non-hydrogen) atoms. The Kier molecular flexibility index (Phi) is 7.19. The molecule has 1 saturated heterocycles. The molecule has 8 nitrogen and oxygen atoms in total. The van der Waals surface area contributed by atoms with Crippen molar-refractivity contribution in [2.45, 2.75) is 37.6 Å². The Morgan fingerprint density at radius 2 is 1.76 bits per heavy atom. The van der Waals surface area contributed by atoms with Crippen LogP contribution < -0.4 is 0 Å². The third-order valence-electron chi connectivity index (χ3n) is 2.11. The number of carboxylic acids is 1. The van der Waals surface area contributed by atoms with Gasteiger partial charge in [0.2, 0.25) is 0 Å². The first-order valence-electron chi connectivity index (χ1n) is 4.88. The number of carboxylic acid groups (broad SMARTS) is 1. The molecular weight excluding hydrogens is 236 g/mol. The van der Waals surface area contributed by atoms with Gasteiger partial charge in [-0.3, -0.25) is 4.79 Å². The zero-order valence-electron chi connectivity index (χ0n) is 9.55. The average molecular weight is 254 g/mol. The first-order chi connectivity index (χ1) is 7.84. The van der Waals surface area contributed by atoms with Crippen molar-refractivity contribution in [1.29, 1.82) is 0 Å². The molecule has 0 spiro atoms. The molecule has 1 heterocycles. The lowest BCUT2D eigenvalue weighted by Crippen LogP contribution is -2.59. The van der Waals surface area contributed by atoms with Crippen LogP contribution in [0, 0.1) is 0 Å². The van der Waals surface area contributed by atoms with Gasteiger partial charge < -0.3 is 35.0 Å². The fraction of sp³-hybridized carbons (Fsp3) is 0.889. The van der Waals surface area contributed by atoms with Crippen LogP contribution in [-0.4, -0.2) is 75.9 Å². The molecule has 102 valence electrons. The number of methoxy groups -OCH3 is 1. The van der Waals surface area contributed by atoms with Crippen molar-refractivity contribution in [3.63, 3.8) is 0 Å². The molecule has 5 atom stereocenters. The molecule has 5 N–H and O–H groups in total. The monoisotopic (exact) mass is 254 g/mol. The van der Waals surface area contributed by atoms with Gasteiger partial charge in [0, 0.05) is 14.0 Å². The van der Waals surface area contributed by atoms with Crippen molar-refractivity contribution >= 4 is 5.97 Å². The summed E-state index contributed by atoms with van der Waals surface area (Å²) in [6.45, 7) is 0.617. The van der Waals surface area contributed by atoms with E-state index in [0.29, 0.717) is 0 Å². The predicted molar refractivity (Wildman–Crippen MR) is 54.1 cm³/mol. The fourth-order valence-electron chi connectivity index (χ4n) is 1.33. The van der Waals surface area contributed by atoms with Crippen LogP contribution in [-0.2, 0) is 14.3 Å². The van der Waals surface area contributed by atoms with Gasteiger partial charge in [-0.2, -0.15) is 0 Å². The van der Waals surface area contributed by atoms with Crippen LogP contribution in [0.2, 0.25) is 0 Å². The normalized spacial score (nSPS) is 36.9. The summed E-state index contributed by atoms with van der Waals surface area (Å²) in [6, 6.07) is 0. The van der Waals surface area contributed by atoms with E-state index in [1.807, 2.05) is 0 Å². The van der Waals surface area contributed by atoms with Gasteiger partial charge >= 0.3 is 0 Å². The number of rotatable bonds is 2. The van der Waals surface area contributed by atoms with Crippen LogP contribution in [0.3, 0.4) is 0 Å². The van der Waals surface area contributed by atoms with Gasteiger partial charge in [0.1, 0.15) is 24.4 Å². The van der Waals surface area contributed by atoms with Crippen LogP contribution in [0.1, 0.15) is 6.92 Å². The van der Waals surface area contributed by atoms with E-state index in [4.69, 9.17) is 24.5 Å². The van der Waals surface area contributed by atoms with Crippen molar-refractivity contribution in [2.24, 2.45) is 0 Å². The SMILES string of the molecule is CC(=O)O.CO[C@@H]1[C@@H](O)[C@H](O)[C@@H](CO)O[C@H]1O. The number of aliphatic hydroxyl groups is 4. The molecule has 1 rings (SSSR count). The molecule has 0 aromatic carbocycles. The Labute approximate surface area is 98.0 Å². The van der Waals surface area contributed by atoms with Gasteiger partial charge in [-0.25, -0.2) is 0 Å². The minimum Gasteiger partial charge on any atom is -0.481 e. The van der Waals surface area contributed by atoms with Crippen LogP contribution in [0.25, 0.3) is 0 Å². The van der Waals surface area contributed by atoms with E-state index in [1.54, 1.807) is 0 Å². The van der Waals surface area contributed by atoms with Crippen molar-refractivity contribution < 1.29 is 39.8 Å². The van der Waals surface area contributed by atoms with E-state index < -0.39 is 43.3 Å². The molecule has 1 aliphatic rings. The number of hydrogen-bond donors (Lipinski definition) is 5. The Hall–Kier alpha value is -0.770. The summed E-state index contributed by atoms with van der Waals surface area (Å²) in [7, 11) is 1.28. The number of aliphatic carboxylic acids is 1. The highest BCUT2D eigenvalue weighted by molar-refractivity contribution is 5.62. The Morgan fingerprint density at radius 3 is 2.12 bits per heavy atom. The molecule has 0 unspecified atom stereocenters. The molecule has 0 radical (unpaired) electrons. The molecule has 8 heteroatoms. The smallest absolute Gasteiger partial charge is 0.300 e. The van der Waals surface area contributed by atoms with Crippen molar-refractivity contribution in [1.82, 2.24) is 0 Å². The second kappa shape index (κ2) is 7.54. The van der Waals surface area contributed by atoms with Gasteiger partial charge in [-0.15, -0.1) is 0 Å². The number of hydrogen-bond acceptors (Lipinski definition) is 7. The first-order valence-corrected chi connectivity index (χ1v) is 4.88. The molecule has 0 aromatic rings. The first kappa shape index (κ1) is 16.2. The number of aliphatic hydroxyl groups excluding tert-OH is 4. The molecule has 1 aliphatic heterocycles. The zero-order chi connectivity index (χ0) is 13.6. The Balaban J connectivity index is 0.000000557. The highest BCUT2D eigenvalue weighted by Crippen LogP contribution is 2.21. The maximum atomic E-state index is 9.38. The van der Waals surface area contributed by atoms with Gasteiger partial charge in [0.05, 0.1) is 6.61 Å². The lowest BCUT2D eigenvalue weighted by molar-refractivity contribution is -0.291. The van der Waals surface area contributed by atoms with E-state index >= 15 is 0 Å². The second-order valence-electron chi connectivity index (χ2n) is 3.45. The Morgan fingerprint density at radius 1 is 1.29 bits per heavy atom. The molecule has 1 fully saturated rings. The van der Waals surface area contributed by atoms with Crippen LogP contribution in [0.4, 0.5) is 0 Å². The largest absolute Gasteiger partial charge is 0.481 e. The third-order valence-corrected chi connectivity index (χ3v) is 2.11. The maximum absolute atomic E-state index is 9.38. The van der Waals surface area contributed by atoms with Crippen molar-refractivity contribution in [3.05, 3.63) is 0 Å². The topological polar surface area (TPSA) is 137 Å². The zero-order valence-corrected chi connectivity index (χ0v) is 9.55. The highest BCUT2D eigenvalue weighted by atomic mass is 16.7. The Bertz CT molecular complexity index is 229. The second-order valence-corrected chi connectivity index (χ2v) is 3.45. The van der Waals surface area contributed by atoms with E-state index in [2.05, 4.69) is 0 Å². The van der Waals surface area contributed by atoms with Gasteiger partial charge in [0.15, 0.2) is 6.29 Å². The van der Waals surface area contributed by atoms with Crippen LogP contribution in [0.5, 0.6) is 0 Å². The van der Waals surface area contributed by atoms with E-state index in [0.717, 1.165) is 6.92 Å². The summed E-state index contributed by atoms with van der Waals surface area (Å²) in [5.41, 5.74) is 0. The molecule has 0 aliphatic carbocycles. The molecule has 0 saturated carbocycles. The minimum atomic E-state index is -1.33. The predicted octanol–water partition coefficient (Wildman–Crippen LogP) is -2.48. The van der Waals surface area contributed by atoms with E-state index in [9.17, 15) is 15.3 Å². The van der Waals surface area contributed by atoms with Gasteiger partial charge in [-0.1, -0.05) is 0 Å². The quantitative estimate of drug-likeness (QED) is 0.365. The number of ether oxygens (including phenoxy) is 2. The third kappa shape index (κ3) is 4.94. The molecule has 0 amide bonds. The highest BCUT2D eigenvalue weighted by Gasteiger charge is 2.43. The average Bonchev–Trinajstić information content (AvgIpc) is 2.23. The van der Waals surface area contributed by atoms with E-state index in [-0.39, 0.29) is 0 Å². The molecule has 0 aromatic heterocycles. The molecule has 0 bridgehead atoms. The lowest BCUT2D eigenvalue weighted by atomic mass is 9.99. The molecular formula is C9H18O8. The van der Waals surface area contributed by atoms with Crippen LogP contribution in [0.15, 0.2) is 0 Å². The summed E-state index contributed by atoms with van der Waals surface area (Å²) >= 11 is 0. The summed E-state index contributed by atoms with van der Waals surface area (Å²) in [6.07, 6.45) is -5.81. The van der Waals surface area contributed by atoms with E-state index in [1.165, 1.54) is 7.11 Å². The van der Waals surface area contributed by atoms with Crippen LogP contribution >= 0.6 is 0 Å². The van der Waals surface area contributed by atoms with Crippen molar-refractivity contribution in [2.75, 3.05) is 13.7 Å². The van der Waals surface area contributed by atoms with Gasteiger partial charge in [-0.05, 0) is 0 Å². The summed E-state index contributed by atoms with van der Waals surface area (Å²) in [5.74, 6) is -0.833. The maximum Gasteiger partial charge on any atom is 0.300 e. The number of carbonyl (C=O) groups is 1. The van der Waals surface area contributed by atoms with Gasteiger partial charge in [0.25, 0.3) is 5.97 Å². The minimum absolute atomic E-state index is 0.467. The summed E-state index contributed by atoms with van der Waals surface area (Å²) < 4.78 is 9.50. The standard InChI is InChI=1S/C7H14O6.C2H4O2/c1-12-6-5(10)4(9)3(2-8)13-7(6)11;1-2(3)4/h3-11H,2H2,1H3;1H3,(H,3,4)/t3-,4-,5+,6-,7-;/m1./s1. The summed E-state index contributed by atoms with van der Waals surface area (Å²) in [5, 5.41) is 44.1. The summed E-state index contributed by atoms with van der Waals surface area (Å²) in [4.78, 5) is 9.00. The fourth-order valence-corrected chi connectivity index (χ4v) is 1.33. The van der Waals surface area contributed by atoms with Crippen molar-refractivity contribution in [3.8, 4) is 0 Å². The lowest BCUT2D eigenvalue weighted by Gasteiger charge is -2.39.